The van der Waals surface area contributed by atoms with Crippen molar-refractivity contribution >= 4 is 33.0 Å². The van der Waals surface area contributed by atoms with Gasteiger partial charge in [0.15, 0.2) is 0 Å². The van der Waals surface area contributed by atoms with Crippen molar-refractivity contribution in [3.05, 3.63) is 94.9 Å². The minimum atomic E-state index is -0.0485. The van der Waals surface area contributed by atoms with Crippen LogP contribution in [0.3, 0.4) is 0 Å². The van der Waals surface area contributed by atoms with Gasteiger partial charge in [0.25, 0.3) is 5.91 Å². The number of aryl methyl sites for hydroxylation is 1. The number of nitrogens with one attached hydrogen (secondary N) is 1. The van der Waals surface area contributed by atoms with Crippen LogP contribution in [-0.2, 0) is 13.0 Å². The molecular weight excluding hydrogens is 378 g/mol. The van der Waals surface area contributed by atoms with Crippen LogP contribution in [0, 0.1) is 0 Å². The van der Waals surface area contributed by atoms with Crippen LogP contribution in [0.15, 0.2) is 78.9 Å². The third-order valence-corrected chi connectivity index (χ3v) is 5.98. The van der Waals surface area contributed by atoms with E-state index in [1.54, 1.807) is 11.3 Å². The quantitative estimate of drug-likeness (QED) is 0.375. The van der Waals surface area contributed by atoms with E-state index in [9.17, 15) is 4.79 Å². The van der Waals surface area contributed by atoms with E-state index in [-0.39, 0.29) is 5.91 Å². The smallest absolute Gasteiger partial charge is 0.266 e. The van der Waals surface area contributed by atoms with Crippen molar-refractivity contribution in [3.63, 3.8) is 0 Å². The zero-order valence-electron chi connectivity index (χ0n) is 16.4. The molecule has 29 heavy (non-hydrogen) atoms. The molecule has 0 fully saturated rings. The number of ether oxygens (including phenoxy) is 1. The van der Waals surface area contributed by atoms with Gasteiger partial charge in [0.2, 0.25) is 0 Å². The van der Waals surface area contributed by atoms with Crippen LogP contribution in [0.1, 0.15) is 34.1 Å². The van der Waals surface area contributed by atoms with Gasteiger partial charge >= 0.3 is 0 Å². The highest BCUT2D eigenvalue weighted by atomic mass is 32.1. The highest BCUT2D eigenvalue weighted by Crippen LogP contribution is 2.33. The largest absolute Gasteiger partial charge is 0.489 e. The molecule has 0 radical (unpaired) electrons. The molecule has 0 unspecified atom stereocenters. The van der Waals surface area contributed by atoms with Crippen molar-refractivity contribution in [3.8, 4) is 5.75 Å². The molecule has 0 saturated carbocycles. The molecule has 1 amide bonds. The van der Waals surface area contributed by atoms with Crippen LogP contribution in [0.4, 0.5) is 5.69 Å². The summed E-state index contributed by atoms with van der Waals surface area (Å²) in [5.74, 6) is 0.730. The van der Waals surface area contributed by atoms with Crippen LogP contribution < -0.4 is 10.1 Å². The zero-order valence-corrected chi connectivity index (χ0v) is 17.2. The maximum Gasteiger partial charge on any atom is 0.266 e. The lowest BCUT2D eigenvalue weighted by Crippen LogP contribution is -2.12. The summed E-state index contributed by atoms with van der Waals surface area (Å²) in [5, 5.41) is 4.22. The van der Waals surface area contributed by atoms with E-state index in [4.69, 9.17) is 4.74 Å². The molecule has 1 heterocycles. The first kappa shape index (κ1) is 19.2. The van der Waals surface area contributed by atoms with E-state index in [0.29, 0.717) is 6.61 Å². The predicted octanol–water partition coefficient (Wildman–Crippen LogP) is 6.69. The Bertz CT molecular complexity index is 1100. The maximum absolute atomic E-state index is 12.9. The summed E-state index contributed by atoms with van der Waals surface area (Å²) in [5.41, 5.74) is 3.04. The molecule has 4 rings (SSSR count). The van der Waals surface area contributed by atoms with E-state index in [2.05, 4.69) is 24.4 Å². The number of rotatable bonds is 7. The maximum atomic E-state index is 12.9. The summed E-state index contributed by atoms with van der Waals surface area (Å²) in [7, 11) is 0. The topological polar surface area (TPSA) is 38.3 Å². The molecule has 0 aliphatic carbocycles. The standard InChI is InChI=1S/C25H23NO2S/c1-2-8-22-21-11-6-7-12-23(21)29-24(22)25(27)26-19-13-15-20(16-14-19)28-17-18-9-4-3-5-10-18/h3-7,9-16H,2,8,17H2,1H3,(H,26,27). The Morgan fingerprint density at radius 3 is 2.41 bits per heavy atom. The predicted molar refractivity (Wildman–Crippen MR) is 121 cm³/mol. The van der Waals surface area contributed by atoms with Crippen LogP contribution in [0.25, 0.3) is 10.1 Å². The fourth-order valence-corrected chi connectivity index (χ4v) is 4.49. The first-order chi connectivity index (χ1) is 14.2. The monoisotopic (exact) mass is 401 g/mol. The third kappa shape index (κ3) is 4.49. The van der Waals surface area contributed by atoms with Crippen molar-refractivity contribution < 1.29 is 9.53 Å². The van der Waals surface area contributed by atoms with E-state index >= 15 is 0 Å². The molecule has 0 aliphatic rings. The number of fused-ring (bicyclic) bond motifs is 1. The normalized spacial score (nSPS) is 10.8. The van der Waals surface area contributed by atoms with Gasteiger partial charge in [0.05, 0.1) is 4.88 Å². The second-order valence-electron chi connectivity index (χ2n) is 6.91. The van der Waals surface area contributed by atoms with Gasteiger partial charge in [-0.25, -0.2) is 0 Å². The second kappa shape index (κ2) is 8.93. The van der Waals surface area contributed by atoms with E-state index in [0.717, 1.165) is 45.0 Å². The molecule has 0 saturated heterocycles. The first-order valence-electron chi connectivity index (χ1n) is 9.83. The van der Waals surface area contributed by atoms with Crippen LogP contribution >= 0.6 is 11.3 Å². The molecule has 1 N–H and O–H groups in total. The number of anilines is 1. The Labute approximate surface area is 175 Å². The fourth-order valence-electron chi connectivity index (χ4n) is 3.34. The zero-order chi connectivity index (χ0) is 20.1. The number of benzene rings is 3. The Morgan fingerprint density at radius 2 is 1.66 bits per heavy atom. The molecule has 4 aromatic rings. The minimum Gasteiger partial charge on any atom is -0.489 e. The van der Waals surface area contributed by atoms with Crippen molar-refractivity contribution in [2.24, 2.45) is 0 Å². The average molecular weight is 402 g/mol. The highest BCUT2D eigenvalue weighted by molar-refractivity contribution is 7.21. The molecule has 146 valence electrons. The minimum absolute atomic E-state index is 0.0485. The Hall–Kier alpha value is -3.11. The van der Waals surface area contributed by atoms with Gasteiger partial charge in [-0.2, -0.15) is 0 Å². The molecule has 0 aliphatic heterocycles. The van der Waals surface area contributed by atoms with Crippen molar-refractivity contribution in [1.29, 1.82) is 0 Å². The van der Waals surface area contributed by atoms with Crippen LogP contribution in [0.5, 0.6) is 5.75 Å². The number of amides is 1. The van der Waals surface area contributed by atoms with E-state index in [1.165, 1.54) is 5.39 Å². The molecular formula is C25H23NO2S. The van der Waals surface area contributed by atoms with Gasteiger partial charge in [-0.1, -0.05) is 61.9 Å². The van der Waals surface area contributed by atoms with Gasteiger partial charge in [-0.05, 0) is 53.3 Å². The number of hydrogen-bond acceptors (Lipinski definition) is 3. The first-order valence-corrected chi connectivity index (χ1v) is 10.6. The van der Waals surface area contributed by atoms with Gasteiger partial charge in [-0.15, -0.1) is 11.3 Å². The van der Waals surface area contributed by atoms with Crippen molar-refractivity contribution in [2.45, 2.75) is 26.4 Å². The number of carbonyl (C=O) groups excluding carboxylic acids is 1. The lowest BCUT2D eigenvalue weighted by Gasteiger charge is -2.09. The van der Waals surface area contributed by atoms with E-state index in [1.807, 2.05) is 66.7 Å². The molecule has 1 aromatic heterocycles. The average Bonchev–Trinajstić information content (AvgIpc) is 3.13. The Kier molecular flexibility index (Phi) is 5.92. The van der Waals surface area contributed by atoms with Gasteiger partial charge in [0, 0.05) is 10.4 Å². The summed E-state index contributed by atoms with van der Waals surface area (Å²) in [4.78, 5) is 13.7. The van der Waals surface area contributed by atoms with Gasteiger partial charge in [-0.3, -0.25) is 4.79 Å². The fraction of sp³-hybridized carbons (Fsp3) is 0.160. The van der Waals surface area contributed by atoms with Gasteiger partial charge in [0.1, 0.15) is 12.4 Å². The third-order valence-electron chi connectivity index (χ3n) is 4.77. The lowest BCUT2D eigenvalue weighted by molar-refractivity contribution is 0.103. The summed E-state index contributed by atoms with van der Waals surface area (Å²) < 4.78 is 6.98. The summed E-state index contributed by atoms with van der Waals surface area (Å²) in [6, 6.07) is 25.8. The molecule has 3 aromatic carbocycles. The molecule has 0 atom stereocenters. The van der Waals surface area contributed by atoms with Crippen LogP contribution in [-0.4, -0.2) is 5.91 Å². The number of thiophene rings is 1. The molecule has 0 bridgehead atoms. The SMILES string of the molecule is CCCc1c(C(=O)Nc2ccc(OCc3ccccc3)cc2)sc2ccccc12. The summed E-state index contributed by atoms with van der Waals surface area (Å²) in [6.07, 6.45) is 1.91. The molecule has 3 nitrogen and oxygen atoms in total. The molecule has 0 spiro atoms. The van der Waals surface area contributed by atoms with Crippen molar-refractivity contribution in [1.82, 2.24) is 0 Å². The number of carbonyl (C=O) groups is 1. The number of hydrogen-bond donors (Lipinski definition) is 1. The van der Waals surface area contributed by atoms with Crippen molar-refractivity contribution in [2.75, 3.05) is 5.32 Å². The van der Waals surface area contributed by atoms with E-state index < -0.39 is 0 Å². The molecule has 4 heteroatoms. The summed E-state index contributed by atoms with van der Waals surface area (Å²) in [6.45, 7) is 2.66. The van der Waals surface area contributed by atoms with Crippen LogP contribution in [0.2, 0.25) is 0 Å². The highest BCUT2D eigenvalue weighted by Gasteiger charge is 2.17. The second-order valence-corrected chi connectivity index (χ2v) is 7.96. The van der Waals surface area contributed by atoms with Gasteiger partial charge < -0.3 is 10.1 Å². The Balaban J connectivity index is 1.46. The summed E-state index contributed by atoms with van der Waals surface area (Å²) >= 11 is 1.56. The lowest BCUT2D eigenvalue weighted by atomic mass is 10.1. The Morgan fingerprint density at radius 1 is 0.931 bits per heavy atom.